The molecule has 0 aliphatic carbocycles. The molecule has 25 heavy (non-hydrogen) atoms. The van der Waals surface area contributed by atoms with Gasteiger partial charge in [0.05, 0.1) is 0 Å². The lowest BCUT2D eigenvalue weighted by Gasteiger charge is -2.34. The van der Waals surface area contributed by atoms with Gasteiger partial charge in [0.15, 0.2) is 0 Å². The molecule has 140 valence electrons. The average molecular weight is 349 g/mol. The molecule has 2 amide bonds. The van der Waals surface area contributed by atoms with E-state index in [1.165, 1.54) is 5.56 Å². The number of carbonyl (C=O) groups is 2. The highest BCUT2D eigenvalue weighted by molar-refractivity contribution is 5.73. The van der Waals surface area contributed by atoms with Crippen LogP contribution in [0.5, 0.6) is 0 Å². The second-order valence-corrected chi connectivity index (χ2v) is 7.12. The number of nitrogens with two attached hydrogens (primary N) is 1. The van der Waals surface area contributed by atoms with E-state index in [0.29, 0.717) is 0 Å². The number of piperazine rings is 1. The monoisotopic (exact) mass is 349 g/mol. The number of benzene rings is 1. The van der Waals surface area contributed by atoms with Crippen LogP contribution in [0.2, 0.25) is 0 Å². The molecule has 1 aromatic carbocycles. The lowest BCUT2D eigenvalue weighted by molar-refractivity contribution is -0.130. The Hall–Kier alpha value is -2.08. The highest BCUT2D eigenvalue weighted by Gasteiger charge is 2.17. The summed E-state index contributed by atoms with van der Waals surface area (Å²) in [5.74, 6) is 0.202. The molecule has 1 heterocycles. The normalized spacial score (nSPS) is 15.1. The van der Waals surface area contributed by atoms with E-state index in [0.717, 1.165) is 39.1 Å². The molecule has 6 heteroatoms. The Morgan fingerprint density at radius 3 is 2.04 bits per heavy atom. The molecule has 0 unspecified atom stereocenters. The number of carbonyl (C=O) groups excluding carboxylic acids is 2. The lowest BCUT2D eigenvalue weighted by Crippen LogP contribution is -2.48. The van der Waals surface area contributed by atoms with Crippen LogP contribution in [-0.4, -0.2) is 60.1 Å². The third kappa shape index (κ3) is 9.72. The second kappa shape index (κ2) is 10.0. The van der Waals surface area contributed by atoms with Crippen molar-refractivity contribution >= 4 is 12.0 Å². The summed E-state index contributed by atoms with van der Waals surface area (Å²) in [7, 11) is 0. The van der Waals surface area contributed by atoms with Crippen LogP contribution in [0.1, 0.15) is 33.3 Å². The van der Waals surface area contributed by atoms with E-state index in [9.17, 15) is 9.59 Å². The number of hydrogen-bond acceptors (Lipinski definition) is 4. The topological polar surface area (TPSA) is 75.9 Å². The largest absolute Gasteiger partial charge is 0.444 e. The highest BCUT2D eigenvalue weighted by Crippen LogP contribution is 2.06. The van der Waals surface area contributed by atoms with Crippen molar-refractivity contribution in [2.24, 2.45) is 5.73 Å². The first kappa shape index (κ1) is 21.0. The maximum absolute atomic E-state index is 11.2. The van der Waals surface area contributed by atoms with E-state index in [1.54, 1.807) is 27.7 Å². The van der Waals surface area contributed by atoms with Crippen molar-refractivity contribution in [1.82, 2.24) is 9.80 Å². The summed E-state index contributed by atoms with van der Waals surface area (Å²) in [6, 6.07) is 10.6. The number of hydrogen-bond donors (Lipinski definition) is 1. The molecule has 0 aromatic heterocycles. The Kier molecular flexibility index (Phi) is 8.41. The van der Waals surface area contributed by atoms with E-state index in [-0.39, 0.29) is 5.91 Å². The van der Waals surface area contributed by atoms with Crippen molar-refractivity contribution in [2.75, 3.05) is 32.7 Å². The zero-order valence-corrected chi connectivity index (χ0v) is 15.8. The smallest absolute Gasteiger partial charge is 0.405 e. The van der Waals surface area contributed by atoms with Crippen LogP contribution in [0.4, 0.5) is 4.79 Å². The van der Waals surface area contributed by atoms with Crippen molar-refractivity contribution in [3.63, 3.8) is 0 Å². The van der Waals surface area contributed by atoms with Crippen LogP contribution in [0.3, 0.4) is 0 Å². The Morgan fingerprint density at radius 2 is 1.64 bits per heavy atom. The van der Waals surface area contributed by atoms with Gasteiger partial charge in [-0.15, -0.1) is 0 Å². The summed E-state index contributed by atoms with van der Waals surface area (Å²) < 4.78 is 4.58. The fourth-order valence-electron chi connectivity index (χ4n) is 2.52. The molecule has 0 radical (unpaired) electrons. The summed E-state index contributed by atoms with van der Waals surface area (Å²) in [6.45, 7) is 11.8. The van der Waals surface area contributed by atoms with Gasteiger partial charge in [0.2, 0.25) is 5.91 Å². The van der Waals surface area contributed by atoms with Crippen molar-refractivity contribution in [1.29, 1.82) is 0 Å². The Balaban J connectivity index is 0.000000333. The third-order valence-corrected chi connectivity index (χ3v) is 3.78. The Labute approximate surface area is 150 Å². The van der Waals surface area contributed by atoms with E-state index in [4.69, 9.17) is 5.73 Å². The highest BCUT2D eigenvalue weighted by atomic mass is 16.6. The lowest BCUT2D eigenvalue weighted by atomic mass is 10.1. The zero-order valence-electron chi connectivity index (χ0n) is 15.8. The Bertz CT molecular complexity index is 533. The molecule has 0 spiro atoms. The molecular formula is C19H31N3O3. The molecule has 2 rings (SSSR count). The van der Waals surface area contributed by atoms with Crippen LogP contribution in [0.25, 0.3) is 0 Å². The second-order valence-electron chi connectivity index (χ2n) is 7.12. The van der Waals surface area contributed by atoms with Crippen LogP contribution < -0.4 is 5.73 Å². The maximum atomic E-state index is 11.2. The first-order valence-electron chi connectivity index (χ1n) is 8.67. The molecule has 1 aromatic rings. The molecular weight excluding hydrogens is 318 g/mol. The van der Waals surface area contributed by atoms with Crippen LogP contribution in [0.15, 0.2) is 30.3 Å². The fraction of sp³-hybridized carbons (Fsp3) is 0.579. The standard InChI is InChI=1S/C14H20N2O.C5H11NO2/c1-13(17)16-11-9-15(10-12-16)8-7-14-5-3-2-4-6-14;1-5(2,3)8-4(6)7/h2-6H,7-12H2,1H3;1-3H3,(H2,6,7). The van der Waals surface area contributed by atoms with E-state index in [1.807, 2.05) is 4.90 Å². The molecule has 1 aliphatic rings. The first-order chi connectivity index (χ1) is 11.7. The predicted octanol–water partition coefficient (Wildman–Crippen LogP) is 2.27. The summed E-state index contributed by atoms with van der Waals surface area (Å²) in [5, 5.41) is 0. The molecule has 0 bridgehead atoms. The van der Waals surface area contributed by atoms with Crippen LogP contribution >= 0.6 is 0 Å². The SMILES string of the molecule is CC(=O)N1CCN(CCc2ccccc2)CC1.CC(C)(C)OC(N)=O. The van der Waals surface area contributed by atoms with Crippen LogP contribution in [-0.2, 0) is 16.0 Å². The van der Waals surface area contributed by atoms with E-state index < -0.39 is 11.7 Å². The van der Waals surface area contributed by atoms with Gasteiger partial charge in [-0.3, -0.25) is 9.69 Å². The van der Waals surface area contributed by atoms with E-state index in [2.05, 4.69) is 40.0 Å². The summed E-state index contributed by atoms with van der Waals surface area (Å²) in [4.78, 5) is 25.6. The molecule has 0 atom stereocenters. The van der Waals surface area contributed by atoms with Gasteiger partial charge in [0.25, 0.3) is 0 Å². The number of rotatable bonds is 3. The van der Waals surface area contributed by atoms with Crippen molar-refractivity contribution in [2.45, 2.75) is 39.7 Å². The summed E-state index contributed by atoms with van der Waals surface area (Å²) >= 11 is 0. The van der Waals surface area contributed by atoms with Gasteiger partial charge in [0, 0.05) is 39.6 Å². The molecule has 1 fully saturated rings. The van der Waals surface area contributed by atoms with Crippen molar-refractivity contribution in [3.8, 4) is 0 Å². The van der Waals surface area contributed by atoms with Crippen LogP contribution in [0, 0.1) is 0 Å². The number of ether oxygens (including phenoxy) is 1. The molecule has 1 aliphatic heterocycles. The summed E-state index contributed by atoms with van der Waals surface area (Å²) in [5.41, 5.74) is 5.66. The van der Waals surface area contributed by atoms with Gasteiger partial charge >= 0.3 is 6.09 Å². The quantitative estimate of drug-likeness (QED) is 0.908. The molecule has 1 saturated heterocycles. The minimum Gasteiger partial charge on any atom is -0.444 e. The van der Waals surface area contributed by atoms with E-state index >= 15 is 0 Å². The molecule has 6 nitrogen and oxygen atoms in total. The fourth-order valence-corrected chi connectivity index (χ4v) is 2.52. The zero-order chi connectivity index (χ0) is 18.9. The van der Waals surface area contributed by atoms with Gasteiger partial charge in [0.1, 0.15) is 5.60 Å². The summed E-state index contributed by atoms with van der Waals surface area (Å²) in [6.07, 6.45) is 0.374. The molecule has 0 saturated carbocycles. The Morgan fingerprint density at radius 1 is 1.08 bits per heavy atom. The number of nitrogens with zero attached hydrogens (tertiary/aromatic N) is 2. The number of amides is 2. The van der Waals surface area contributed by atoms with Gasteiger partial charge in [-0.2, -0.15) is 0 Å². The average Bonchev–Trinajstić information content (AvgIpc) is 2.52. The van der Waals surface area contributed by atoms with Crippen molar-refractivity contribution < 1.29 is 14.3 Å². The van der Waals surface area contributed by atoms with Gasteiger partial charge in [-0.1, -0.05) is 30.3 Å². The van der Waals surface area contributed by atoms with Gasteiger partial charge in [-0.05, 0) is 32.8 Å². The van der Waals surface area contributed by atoms with Gasteiger partial charge < -0.3 is 15.4 Å². The predicted molar refractivity (Wildman–Crippen MR) is 99.3 cm³/mol. The minimum atomic E-state index is -0.725. The molecule has 2 N–H and O–H groups in total. The first-order valence-corrected chi connectivity index (χ1v) is 8.67. The maximum Gasteiger partial charge on any atom is 0.405 e. The number of primary amides is 1. The minimum absolute atomic E-state index is 0.202. The third-order valence-electron chi connectivity index (χ3n) is 3.78. The van der Waals surface area contributed by atoms with Crippen molar-refractivity contribution in [3.05, 3.63) is 35.9 Å². The van der Waals surface area contributed by atoms with Gasteiger partial charge in [-0.25, -0.2) is 4.79 Å².